The number of carbonyl (C=O) groups is 1. The zero-order valence-electron chi connectivity index (χ0n) is 10.8. The number of ether oxygens (including phenoxy) is 1. The van der Waals surface area contributed by atoms with E-state index in [1.165, 1.54) is 6.07 Å². The molecule has 2 rings (SSSR count). The number of hydrogen-bond acceptors (Lipinski definition) is 2. The predicted molar refractivity (Wildman–Crippen MR) is 79.6 cm³/mol. The zero-order valence-corrected chi connectivity index (χ0v) is 12.4. The monoisotopic (exact) mass is 336 g/mol. The summed E-state index contributed by atoms with van der Waals surface area (Å²) in [6, 6.07) is 13.7. The maximum atomic E-state index is 13.0. The van der Waals surface area contributed by atoms with Crippen molar-refractivity contribution >= 4 is 21.7 Å². The van der Waals surface area contributed by atoms with Crippen LogP contribution in [-0.4, -0.2) is 12.4 Å². The second-order valence-electron chi connectivity index (χ2n) is 4.32. The van der Waals surface area contributed by atoms with Gasteiger partial charge in [-0.2, -0.15) is 0 Å². The minimum absolute atomic E-state index is 0.106. The van der Waals surface area contributed by atoms with Crippen molar-refractivity contribution in [1.82, 2.24) is 0 Å². The lowest BCUT2D eigenvalue weighted by atomic mass is 10.1. The molecule has 0 radical (unpaired) electrons. The molecule has 0 heterocycles. The van der Waals surface area contributed by atoms with Gasteiger partial charge in [0.1, 0.15) is 11.6 Å². The van der Waals surface area contributed by atoms with Crippen LogP contribution in [0.4, 0.5) is 4.39 Å². The molecule has 0 aliphatic rings. The molecule has 0 unspecified atom stereocenters. The standard InChI is InChI=1S/C16H14BrFO2/c17-14-11-13(8-9-15(14)18)20-10-4-7-16(19)12-5-2-1-3-6-12/h1-3,5-6,8-9,11H,4,7,10H2. The fourth-order valence-corrected chi connectivity index (χ4v) is 2.12. The second kappa shape index (κ2) is 7.20. The summed E-state index contributed by atoms with van der Waals surface area (Å²) in [5.41, 5.74) is 0.719. The van der Waals surface area contributed by atoms with Crippen LogP contribution in [0.1, 0.15) is 23.2 Å². The van der Waals surface area contributed by atoms with Gasteiger partial charge >= 0.3 is 0 Å². The molecule has 20 heavy (non-hydrogen) atoms. The number of hydrogen-bond donors (Lipinski definition) is 0. The minimum atomic E-state index is -0.323. The molecule has 0 amide bonds. The summed E-state index contributed by atoms with van der Waals surface area (Å²) in [7, 11) is 0. The Bertz CT molecular complexity index is 584. The Morgan fingerprint density at radius 2 is 1.90 bits per heavy atom. The van der Waals surface area contributed by atoms with Gasteiger partial charge in [0, 0.05) is 12.0 Å². The molecule has 2 nitrogen and oxygen atoms in total. The molecule has 0 aromatic heterocycles. The first-order valence-corrected chi connectivity index (χ1v) is 7.12. The van der Waals surface area contributed by atoms with Crippen LogP contribution in [0.5, 0.6) is 5.75 Å². The van der Waals surface area contributed by atoms with Gasteiger partial charge in [0.15, 0.2) is 5.78 Å². The van der Waals surface area contributed by atoms with Gasteiger partial charge in [-0.05, 0) is 40.5 Å². The first-order valence-electron chi connectivity index (χ1n) is 6.33. The Balaban J connectivity index is 1.76. The maximum Gasteiger partial charge on any atom is 0.163 e. The van der Waals surface area contributed by atoms with Crippen molar-refractivity contribution < 1.29 is 13.9 Å². The molecule has 2 aromatic carbocycles. The number of halogens is 2. The lowest BCUT2D eigenvalue weighted by Gasteiger charge is -2.06. The summed E-state index contributed by atoms with van der Waals surface area (Å²) >= 11 is 3.10. The molecule has 0 atom stereocenters. The zero-order chi connectivity index (χ0) is 14.4. The molecule has 0 saturated carbocycles. The molecule has 0 saturated heterocycles. The lowest BCUT2D eigenvalue weighted by molar-refractivity contribution is 0.0973. The quantitative estimate of drug-likeness (QED) is 0.567. The van der Waals surface area contributed by atoms with Gasteiger partial charge in [-0.15, -0.1) is 0 Å². The lowest BCUT2D eigenvalue weighted by Crippen LogP contribution is -2.03. The molecule has 2 aromatic rings. The first-order chi connectivity index (χ1) is 9.66. The highest BCUT2D eigenvalue weighted by molar-refractivity contribution is 9.10. The molecular formula is C16H14BrFO2. The van der Waals surface area contributed by atoms with E-state index in [0.29, 0.717) is 29.7 Å². The van der Waals surface area contributed by atoms with Crippen LogP contribution in [0.3, 0.4) is 0 Å². The van der Waals surface area contributed by atoms with E-state index in [1.54, 1.807) is 24.3 Å². The van der Waals surface area contributed by atoms with Crippen LogP contribution < -0.4 is 4.74 Å². The van der Waals surface area contributed by atoms with Crippen molar-refractivity contribution in [3.05, 3.63) is 64.4 Å². The van der Waals surface area contributed by atoms with E-state index >= 15 is 0 Å². The summed E-state index contributed by atoms with van der Waals surface area (Å²) < 4.78 is 18.9. The summed E-state index contributed by atoms with van der Waals surface area (Å²) in [6.07, 6.45) is 1.06. The van der Waals surface area contributed by atoms with E-state index in [-0.39, 0.29) is 11.6 Å². The van der Waals surface area contributed by atoms with Crippen LogP contribution >= 0.6 is 15.9 Å². The van der Waals surface area contributed by atoms with Crippen molar-refractivity contribution in [2.24, 2.45) is 0 Å². The Labute approximate surface area is 125 Å². The highest BCUT2D eigenvalue weighted by Crippen LogP contribution is 2.21. The molecule has 0 aliphatic heterocycles. The third-order valence-corrected chi connectivity index (χ3v) is 3.41. The summed E-state index contributed by atoms with van der Waals surface area (Å²) in [5, 5.41) is 0. The molecule has 104 valence electrons. The highest BCUT2D eigenvalue weighted by atomic mass is 79.9. The predicted octanol–water partition coefficient (Wildman–Crippen LogP) is 4.63. The van der Waals surface area contributed by atoms with Crippen LogP contribution in [0.2, 0.25) is 0 Å². The van der Waals surface area contributed by atoms with Crippen LogP contribution in [-0.2, 0) is 0 Å². The summed E-state index contributed by atoms with van der Waals surface area (Å²) in [4.78, 5) is 11.8. The SMILES string of the molecule is O=C(CCCOc1ccc(F)c(Br)c1)c1ccccc1. The Hall–Kier alpha value is -1.68. The molecule has 0 fully saturated rings. The molecule has 0 bridgehead atoms. The number of benzene rings is 2. The van der Waals surface area contributed by atoms with E-state index in [9.17, 15) is 9.18 Å². The van der Waals surface area contributed by atoms with Crippen molar-refractivity contribution in [2.75, 3.05) is 6.61 Å². The van der Waals surface area contributed by atoms with Gasteiger partial charge in [-0.3, -0.25) is 4.79 Å². The highest BCUT2D eigenvalue weighted by Gasteiger charge is 2.05. The van der Waals surface area contributed by atoms with Crippen molar-refractivity contribution in [2.45, 2.75) is 12.8 Å². The normalized spacial score (nSPS) is 10.3. The van der Waals surface area contributed by atoms with E-state index in [4.69, 9.17) is 4.74 Å². The van der Waals surface area contributed by atoms with Crippen LogP contribution in [0, 0.1) is 5.82 Å². The van der Waals surface area contributed by atoms with Gasteiger partial charge in [0.05, 0.1) is 11.1 Å². The first kappa shape index (κ1) is 14.7. The van der Waals surface area contributed by atoms with Crippen LogP contribution in [0.15, 0.2) is 53.0 Å². The van der Waals surface area contributed by atoms with Crippen LogP contribution in [0.25, 0.3) is 0 Å². The van der Waals surface area contributed by atoms with E-state index in [0.717, 1.165) is 5.56 Å². The number of carbonyl (C=O) groups excluding carboxylic acids is 1. The van der Waals surface area contributed by atoms with Gasteiger partial charge < -0.3 is 4.74 Å². The molecule has 0 aliphatic carbocycles. The second-order valence-corrected chi connectivity index (χ2v) is 5.17. The largest absolute Gasteiger partial charge is 0.494 e. The van der Waals surface area contributed by atoms with Gasteiger partial charge in [0.2, 0.25) is 0 Å². The van der Waals surface area contributed by atoms with E-state index < -0.39 is 0 Å². The summed E-state index contributed by atoms with van der Waals surface area (Å²) in [6.45, 7) is 0.427. The molecule has 4 heteroatoms. The average Bonchev–Trinajstić information content (AvgIpc) is 2.48. The van der Waals surface area contributed by atoms with Crippen molar-refractivity contribution in [1.29, 1.82) is 0 Å². The third kappa shape index (κ3) is 4.17. The van der Waals surface area contributed by atoms with Gasteiger partial charge in [-0.1, -0.05) is 30.3 Å². The third-order valence-electron chi connectivity index (χ3n) is 2.80. The topological polar surface area (TPSA) is 26.3 Å². The van der Waals surface area contributed by atoms with Gasteiger partial charge in [-0.25, -0.2) is 4.39 Å². The molecular weight excluding hydrogens is 323 g/mol. The maximum absolute atomic E-state index is 13.0. The molecule has 0 spiro atoms. The van der Waals surface area contributed by atoms with E-state index in [1.807, 2.05) is 18.2 Å². The van der Waals surface area contributed by atoms with E-state index in [2.05, 4.69) is 15.9 Å². The number of rotatable bonds is 6. The number of Topliss-reactive ketones (excluding diaryl/α,β-unsaturated/α-hetero) is 1. The summed E-state index contributed by atoms with van der Waals surface area (Å²) in [5.74, 6) is 0.372. The number of ketones is 1. The Morgan fingerprint density at radius 3 is 2.60 bits per heavy atom. The fraction of sp³-hybridized carbons (Fsp3) is 0.188. The van der Waals surface area contributed by atoms with Gasteiger partial charge in [0.25, 0.3) is 0 Å². The smallest absolute Gasteiger partial charge is 0.163 e. The minimum Gasteiger partial charge on any atom is -0.494 e. The molecule has 0 N–H and O–H groups in total. The Morgan fingerprint density at radius 1 is 1.15 bits per heavy atom. The Kier molecular flexibility index (Phi) is 5.30. The average molecular weight is 337 g/mol. The van der Waals surface area contributed by atoms with Crippen molar-refractivity contribution in [3.8, 4) is 5.75 Å². The fourth-order valence-electron chi connectivity index (χ4n) is 1.76. The van der Waals surface area contributed by atoms with Crippen molar-refractivity contribution in [3.63, 3.8) is 0 Å².